The molecule has 0 aliphatic carbocycles. The quantitative estimate of drug-likeness (QED) is 0.839. The SMILES string of the molecule is CNC(=O)[C@H]1CCCN(c2ccc(C#N)cn2)C1. The van der Waals surface area contributed by atoms with Gasteiger partial charge in [0.1, 0.15) is 11.9 Å². The highest BCUT2D eigenvalue weighted by atomic mass is 16.1. The van der Waals surface area contributed by atoms with Gasteiger partial charge in [-0.15, -0.1) is 0 Å². The predicted octanol–water partition coefficient (Wildman–Crippen LogP) is 0.916. The molecule has 1 amide bonds. The number of piperidine rings is 1. The first kappa shape index (κ1) is 12.4. The highest BCUT2D eigenvalue weighted by molar-refractivity contribution is 5.79. The molecule has 94 valence electrons. The van der Waals surface area contributed by atoms with Crippen molar-refractivity contribution in [3.05, 3.63) is 23.9 Å². The Kier molecular flexibility index (Phi) is 3.78. The molecule has 0 bridgehead atoms. The van der Waals surface area contributed by atoms with Crippen LogP contribution in [0.4, 0.5) is 5.82 Å². The summed E-state index contributed by atoms with van der Waals surface area (Å²) in [6.07, 6.45) is 3.48. The van der Waals surface area contributed by atoms with Crippen molar-refractivity contribution in [1.29, 1.82) is 5.26 Å². The number of nitrogens with zero attached hydrogens (tertiary/aromatic N) is 3. The van der Waals surface area contributed by atoms with Gasteiger partial charge >= 0.3 is 0 Å². The Bertz CT molecular complexity index is 463. The van der Waals surface area contributed by atoms with Crippen molar-refractivity contribution in [3.63, 3.8) is 0 Å². The number of pyridine rings is 1. The first-order chi connectivity index (χ1) is 8.74. The third-order valence-electron chi connectivity index (χ3n) is 3.24. The summed E-state index contributed by atoms with van der Waals surface area (Å²) in [4.78, 5) is 18.0. The van der Waals surface area contributed by atoms with Crippen molar-refractivity contribution in [2.24, 2.45) is 5.92 Å². The van der Waals surface area contributed by atoms with Gasteiger partial charge in [0.15, 0.2) is 0 Å². The lowest BCUT2D eigenvalue weighted by atomic mass is 9.97. The van der Waals surface area contributed by atoms with Gasteiger partial charge in [-0.2, -0.15) is 5.26 Å². The molecule has 1 aromatic heterocycles. The van der Waals surface area contributed by atoms with Crippen LogP contribution in [0, 0.1) is 17.2 Å². The molecule has 5 nitrogen and oxygen atoms in total. The highest BCUT2D eigenvalue weighted by Crippen LogP contribution is 2.21. The van der Waals surface area contributed by atoms with E-state index in [1.807, 2.05) is 12.1 Å². The zero-order valence-electron chi connectivity index (χ0n) is 10.4. The molecule has 1 aromatic rings. The minimum Gasteiger partial charge on any atom is -0.359 e. The van der Waals surface area contributed by atoms with E-state index in [-0.39, 0.29) is 11.8 Å². The Hall–Kier alpha value is -2.09. The third kappa shape index (κ3) is 2.59. The summed E-state index contributed by atoms with van der Waals surface area (Å²) in [7, 11) is 1.67. The van der Waals surface area contributed by atoms with Crippen LogP contribution in [-0.4, -0.2) is 31.0 Å². The topological polar surface area (TPSA) is 69.0 Å². The van der Waals surface area contributed by atoms with Crippen LogP contribution in [0.25, 0.3) is 0 Å². The minimum absolute atomic E-state index is 0.0289. The molecule has 1 aliphatic rings. The molecule has 0 unspecified atom stereocenters. The number of carbonyl (C=O) groups excluding carboxylic acids is 1. The Morgan fingerprint density at radius 2 is 2.44 bits per heavy atom. The zero-order chi connectivity index (χ0) is 13.0. The van der Waals surface area contributed by atoms with Crippen molar-refractivity contribution >= 4 is 11.7 Å². The van der Waals surface area contributed by atoms with E-state index in [9.17, 15) is 4.79 Å². The number of anilines is 1. The molecule has 1 N–H and O–H groups in total. The standard InChI is InChI=1S/C13H16N4O/c1-15-13(18)11-3-2-6-17(9-11)12-5-4-10(7-14)8-16-12/h4-5,8,11H,2-3,6,9H2,1H3,(H,15,18)/t11-/m0/s1. The molecule has 2 rings (SSSR count). The van der Waals surface area contributed by atoms with E-state index < -0.39 is 0 Å². The fraction of sp³-hybridized carbons (Fsp3) is 0.462. The normalized spacial score (nSPS) is 19.1. The van der Waals surface area contributed by atoms with Gasteiger partial charge in [0.05, 0.1) is 11.5 Å². The minimum atomic E-state index is 0.0289. The molecule has 2 heterocycles. The average Bonchev–Trinajstić information content (AvgIpc) is 2.46. The third-order valence-corrected chi connectivity index (χ3v) is 3.24. The van der Waals surface area contributed by atoms with Gasteiger partial charge in [0.25, 0.3) is 0 Å². The van der Waals surface area contributed by atoms with Crippen molar-refractivity contribution in [2.45, 2.75) is 12.8 Å². The number of nitrogens with one attached hydrogen (secondary N) is 1. The second-order valence-corrected chi connectivity index (χ2v) is 4.42. The van der Waals surface area contributed by atoms with E-state index in [0.717, 1.165) is 25.2 Å². The zero-order valence-corrected chi connectivity index (χ0v) is 10.4. The van der Waals surface area contributed by atoms with E-state index in [1.165, 1.54) is 0 Å². The smallest absolute Gasteiger partial charge is 0.224 e. The summed E-state index contributed by atoms with van der Waals surface area (Å²) in [6.45, 7) is 1.60. The molecule has 0 aromatic carbocycles. The number of nitriles is 1. The lowest BCUT2D eigenvalue weighted by Crippen LogP contribution is -2.42. The highest BCUT2D eigenvalue weighted by Gasteiger charge is 2.25. The van der Waals surface area contributed by atoms with Crippen LogP contribution in [-0.2, 0) is 4.79 Å². The van der Waals surface area contributed by atoms with Crippen molar-refractivity contribution in [2.75, 3.05) is 25.0 Å². The van der Waals surface area contributed by atoms with Gasteiger partial charge < -0.3 is 10.2 Å². The van der Waals surface area contributed by atoms with Gasteiger partial charge in [0, 0.05) is 26.3 Å². The van der Waals surface area contributed by atoms with E-state index in [2.05, 4.69) is 15.2 Å². The predicted molar refractivity (Wildman–Crippen MR) is 68.0 cm³/mol. The molecule has 18 heavy (non-hydrogen) atoms. The van der Waals surface area contributed by atoms with Crippen LogP contribution in [0.5, 0.6) is 0 Å². The van der Waals surface area contributed by atoms with Gasteiger partial charge in [-0.1, -0.05) is 0 Å². The summed E-state index contributed by atoms with van der Waals surface area (Å²) in [5.74, 6) is 0.956. The summed E-state index contributed by atoms with van der Waals surface area (Å²) < 4.78 is 0. The molecular formula is C13H16N4O. The molecule has 0 spiro atoms. The Labute approximate surface area is 106 Å². The molecule has 1 saturated heterocycles. The first-order valence-electron chi connectivity index (χ1n) is 6.07. The number of aromatic nitrogens is 1. The van der Waals surface area contributed by atoms with Crippen LogP contribution in [0.15, 0.2) is 18.3 Å². The maximum Gasteiger partial charge on any atom is 0.224 e. The number of hydrogen-bond acceptors (Lipinski definition) is 4. The van der Waals surface area contributed by atoms with Crippen molar-refractivity contribution in [3.8, 4) is 6.07 Å². The maximum atomic E-state index is 11.6. The lowest BCUT2D eigenvalue weighted by molar-refractivity contribution is -0.124. The molecule has 5 heteroatoms. The van der Waals surface area contributed by atoms with Crippen LogP contribution >= 0.6 is 0 Å². The number of carbonyl (C=O) groups is 1. The van der Waals surface area contributed by atoms with Gasteiger partial charge in [-0.05, 0) is 25.0 Å². The van der Waals surface area contributed by atoms with Gasteiger partial charge in [-0.3, -0.25) is 4.79 Å². The molecule has 0 saturated carbocycles. The van der Waals surface area contributed by atoms with Crippen LogP contribution in [0.1, 0.15) is 18.4 Å². The maximum absolute atomic E-state index is 11.6. The van der Waals surface area contributed by atoms with Crippen LogP contribution in [0.2, 0.25) is 0 Å². The van der Waals surface area contributed by atoms with Crippen molar-refractivity contribution < 1.29 is 4.79 Å². The molecular weight excluding hydrogens is 228 g/mol. The Morgan fingerprint density at radius 3 is 3.06 bits per heavy atom. The fourth-order valence-corrected chi connectivity index (χ4v) is 2.24. The number of amides is 1. The Balaban J connectivity index is 2.08. The lowest BCUT2D eigenvalue weighted by Gasteiger charge is -2.32. The largest absolute Gasteiger partial charge is 0.359 e. The number of hydrogen-bond donors (Lipinski definition) is 1. The van der Waals surface area contributed by atoms with Crippen LogP contribution < -0.4 is 10.2 Å². The number of rotatable bonds is 2. The molecule has 1 fully saturated rings. The van der Waals surface area contributed by atoms with E-state index >= 15 is 0 Å². The van der Waals surface area contributed by atoms with Crippen molar-refractivity contribution in [1.82, 2.24) is 10.3 Å². The van der Waals surface area contributed by atoms with E-state index in [1.54, 1.807) is 19.3 Å². The van der Waals surface area contributed by atoms with E-state index in [0.29, 0.717) is 12.1 Å². The molecule has 0 radical (unpaired) electrons. The summed E-state index contributed by atoms with van der Waals surface area (Å²) >= 11 is 0. The first-order valence-corrected chi connectivity index (χ1v) is 6.07. The average molecular weight is 244 g/mol. The monoisotopic (exact) mass is 244 g/mol. The molecule has 1 atom stereocenters. The van der Waals surface area contributed by atoms with Gasteiger partial charge in [-0.25, -0.2) is 4.98 Å². The fourth-order valence-electron chi connectivity index (χ4n) is 2.24. The summed E-state index contributed by atoms with van der Waals surface area (Å²) in [5, 5.41) is 11.4. The Morgan fingerprint density at radius 1 is 1.61 bits per heavy atom. The molecule has 1 aliphatic heterocycles. The summed E-state index contributed by atoms with van der Waals surface area (Å²) in [6, 6.07) is 5.64. The van der Waals surface area contributed by atoms with Gasteiger partial charge in [0.2, 0.25) is 5.91 Å². The summed E-state index contributed by atoms with van der Waals surface area (Å²) in [5.41, 5.74) is 0.554. The van der Waals surface area contributed by atoms with E-state index in [4.69, 9.17) is 5.26 Å². The van der Waals surface area contributed by atoms with Crippen LogP contribution in [0.3, 0.4) is 0 Å². The second kappa shape index (κ2) is 5.50. The second-order valence-electron chi connectivity index (χ2n) is 4.42.